The third-order valence-corrected chi connectivity index (χ3v) is 2.20. The van der Waals surface area contributed by atoms with Crippen molar-refractivity contribution < 1.29 is 4.74 Å². The molecule has 0 bridgehead atoms. The van der Waals surface area contributed by atoms with Crippen molar-refractivity contribution in [2.24, 2.45) is 5.92 Å². The summed E-state index contributed by atoms with van der Waals surface area (Å²) in [5.74, 6) is 1.47. The summed E-state index contributed by atoms with van der Waals surface area (Å²) in [5.41, 5.74) is 0. The molecule has 0 radical (unpaired) electrons. The quantitative estimate of drug-likeness (QED) is 0.693. The second-order valence-electron chi connectivity index (χ2n) is 3.32. The molecule has 1 atom stereocenters. The summed E-state index contributed by atoms with van der Waals surface area (Å²) in [5, 5.41) is 0. The summed E-state index contributed by atoms with van der Waals surface area (Å²) in [7, 11) is 0. The van der Waals surface area contributed by atoms with Crippen LogP contribution in [-0.4, -0.2) is 11.6 Å². The maximum absolute atomic E-state index is 5.47. The molecule has 72 valence electrons. The van der Waals surface area contributed by atoms with Crippen molar-refractivity contribution in [3.05, 3.63) is 24.4 Å². The van der Waals surface area contributed by atoms with E-state index in [4.69, 9.17) is 4.74 Å². The molecular formula is C11H17NO. The number of ether oxygens (including phenoxy) is 1. The summed E-state index contributed by atoms with van der Waals surface area (Å²) in [6.45, 7) is 5.21. The first-order valence-corrected chi connectivity index (χ1v) is 4.86. The van der Waals surface area contributed by atoms with Gasteiger partial charge in [0.1, 0.15) is 0 Å². The zero-order chi connectivity index (χ0) is 9.52. The van der Waals surface area contributed by atoms with Crippen molar-refractivity contribution >= 4 is 0 Å². The second kappa shape index (κ2) is 5.57. The molecule has 0 aliphatic heterocycles. The Morgan fingerprint density at radius 1 is 1.46 bits per heavy atom. The lowest BCUT2D eigenvalue weighted by molar-refractivity contribution is 0.272. The molecule has 1 aromatic rings. The van der Waals surface area contributed by atoms with Gasteiger partial charge in [-0.05, 0) is 18.4 Å². The van der Waals surface area contributed by atoms with Crippen LogP contribution in [0.5, 0.6) is 5.88 Å². The maximum Gasteiger partial charge on any atom is 0.213 e. The minimum absolute atomic E-state index is 0.728. The molecule has 0 spiro atoms. The molecule has 0 N–H and O–H groups in total. The van der Waals surface area contributed by atoms with Crippen molar-refractivity contribution in [3.8, 4) is 5.88 Å². The number of pyridine rings is 1. The zero-order valence-corrected chi connectivity index (χ0v) is 8.36. The molecular weight excluding hydrogens is 162 g/mol. The molecule has 0 aliphatic carbocycles. The Labute approximate surface area is 80.0 Å². The molecule has 0 saturated carbocycles. The highest BCUT2D eigenvalue weighted by molar-refractivity contribution is 5.08. The summed E-state index contributed by atoms with van der Waals surface area (Å²) in [6, 6.07) is 5.71. The van der Waals surface area contributed by atoms with E-state index in [0.29, 0.717) is 0 Å². The maximum atomic E-state index is 5.47. The number of rotatable bonds is 5. The van der Waals surface area contributed by atoms with Crippen LogP contribution in [0.1, 0.15) is 26.7 Å². The van der Waals surface area contributed by atoms with Gasteiger partial charge in [-0.2, -0.15) is 0 Å². The average molecular weight is 179 g/mol. The topological polar surface area (TPSA) is 22.1 Å². The molecule has 1 aromatic heterocycles. The first kappa shape index (κ1) is 10.0. The van der Waals surface area contributed by atoms with Crippen LogP contribution in [0.4, 0.5) is 0 Å². The Balaban J connectivity index is 2.20. The number of nitrogens with zero attached hydrogens (tertiary/aromatic N) is 1. The fraction of sp³-hybridized carbons (Fsp3) is 0.545. The van der Waals surface area contributed by atoms with E-state index in [9.17, 15) is 0 Å². The predicted molar refractivity (Wildman–Crippen MR) is 53.8 cm³/mol. The van der Waals surface area contributed by atoms with Crippen molar-refractivity contribution in [1.82, 2.24) is 4.98 Å². The van der Waals surface area contributed by atoms with Gasteiger partial charge >= 0.3 is 0 Å². The zero-order valence-electron chi connectivity index (χ0n) is 8.36. The van der Waals surface area contributed by atoms with Crippen LogP contribution >= 0.6 is 0 Å². The third-order valence-electron chi connectivity index (χ3n) is 2.20. The fourth-order valence-electron chi connectivity index (χ4n) is 1.00. The molecule has 0 aliphatic rings. The first-order valence-electron chi connectivity index (χ1n) is 4.86. The normalized spacial score (nSPS) is 12.5. The molecule has 0 aromatic carbocycles. The highest BCUT2D eigenvalue weighted by atomic mass is 16.5. The van der Waals surface area contributed by atoms with Crippen LogP contribution in [0.2, 0.25) is 0 Å². The Morgan fingerprint density at radius 2 is 2.31 bits per heavy atom. The monoisotopic (exact) mass is 179 g/mol. The lowest BCUT2D eigenvalue weighted by Gasteiger charge is -2.08. The van der Waals surface area contributed by atoms with E-state index < -0.39 is 0 Å². The van der Waals surface area contributed by atoms with Crippen molar-refractivity contribution in [2.75, 3.05) is 6.61 Å². The standard InChI is InChI=1S/C11H17NO/c1-3-10(2)7-9-13-11-6-4-5-8-12-11/h4-6,8,10H,3,7,9H2,1-2H3. The Hall–Kier alpha value is -1.05. The Morgan fingerprint density at radius 3 is 2.92 bits per heavy atom. The molecule has 2 nitrogen and oxygen atoms in total. The Bertz CT molecular complexity index is 223. The molecule has 1 unspecified atom stereocenters. The van der Waals surface area contributed by atoms with Crippen LogP contribution < -0.4 is 4.74 Å². The number of aromatic nitrogens is 1. The average Bonchev–Trinajstić information content (AvgIpc) is 2.19. The smallest absolute Gasteiger partial charge is 0.213 e. The number of hydrogen-bond donors (Lipinski definition) is 0. The molecule has 2 heteroatoms. The van der Waals surface area contributed by atoms with Gasteiger partial charge in [-0.25, -0.2) is 4.98 Å². The molecule has 1 heterocycles. The molecule has 0 amide bonds. The minimum Gasteiger partial charge on any atom is -0.478 e. The van der Waals surface area contributed by atoms with Crippen LogP contribution in [0.25, 0.3) is 0 Å². The van der Waals surface area contributed by atoms with E-state index in [1.54, 1.807) is 6.20 Å². The lowest BCUT2D eigenvalue weighted by atomic mass is 10.1. The van der Waals surface area contributed by atoms with Crippen molar-refractivity contribution in [2.45, 2.75) is 26.7 Å². The summed E-state index contributed by atoms with van der Waals surface area (Å²) >= 11 is 0. The lowest BCUT2D eigenvalue weighted by Crippen LogP contribution is -2.03. The van der Waals surface area contributed by atoms with E-state index in [2.05, 4.69) is 18.8 Å². The van der Waals surface area contributed by atoms with Gasteiger partial charge in [0.15, 0.2) is 0 Å². The summed E-state index contributed by atoms with van der Waals surface area (Å²) in [4.78, 5) is 4.08. The van der Waals surface area contributed by atoms with Gasteiger partial charge in [0.05, 0.1) is 6.61 Å². The van der Waals surface area contributed by atoms with Gasteiger partial charge in [0, 0.05) is 12.3 Å². The van der Waals surface area contributed by atoms with Crippen LogP contribution in [-0.2, 0) is 0 Å². The molecule has 1 rings (SSSR count). The van der Waals surface area contributed by atoms with Crippen molar-refractivity contribution in [1.29, 1.82) is 0 Å². The minimum atomic E-state index is 0.728. The van der Waals surface area contributed by atoms with E-state index in [-0.39, 0.29) is 0 Å². The van der Waals surface area contributed by atoms with Gasteiger partial charge in [-0.15, -0.1) is 0 Å². The summed E-state index contributed by atoms with van der Waals surface area (Å²) < 4.78 is 5.47. The van der Waals surface area contributed by atoms with Crippen LogP contribution in [0.15, 0.2) is 24.4 Å². The first-order chi connectivity index (χ1) is 6.33. The molecule has 13 heavy (non-hydrogen) atoms. The molecule has 0 fully saturated rings. The van der Waals surface area contributed by atoms with Crippen molar-refractivity contribution in [3.63, 3.8) is 0 Å². The van der Waals surface area contributed by atoms with E-state index >= 15 is 0 Å². The van der Waals surface area contributed by atoms with Gasteiger partial charge in [0.25, 0.3) is 0 Å². The van der Waals surface area contributed by atoms with Gasteiger partial charge in [0.2, 0.25) is 5.88 Å². The molecule has 0 saturated heterocycles. The van der Waals surface area contributed by atoms with Crippen LogP contribution in [0.3, 0.4) is 0 Å². The van der Waals surface area contributed by atoms with E-state index in [0.717, 1.165) is 24.8 Å². The second-order valence-corrected chi connectivity index (χ2v) is 3.32. The highest BCUT2D eigenvalue weighted by Gasteiger charge is 1.99. The predicted octanol–water partition coefficient (Wildman–Crippen LogP) is 2.90. The van der Waals surface area contributed by atoms with Gasteiger partial charge < -0.3 is 4.74 Å². The third kappa shape index (κ3) is 3.92. The van der Waals surface area contributed by atoms with E-state index in [1.807, 2.05) is 18.2 Å². The van der Waals surface area contributed by atoms with E-state index in [1.165, 1.54) is 6.42 Å². The summed E-state index contributed by atoms with van der Waals surface area (Å²) in [6.07, 6.45) is 4.07. The SMILES string of the molecule is CCC(C)CCOc1ccccn1. The van der Waals surface area contributed by atoms with Crippen LogP contribution in [0, 0.1) is 5.92 Å². The van der Waals surface area contributed by atoms with Gasteiger partial charge in [-0.3, -0.25) is 0 Å². The largest absolute Gasteiger partial charge is 0.478 e. The van der Waals surface area contributed by atoms with Gasteiger partial charge in [-0.1, -0.05) is 26.3 Å². The fourth-order valence-corrected chi connectivity index (χ4v) is 1.00. The Kier molecular flexibility index (Phi) is 4.30. The number of hydrogen-bond acceptors (Lipinski definition) is 2. The highest BCUT2D eigenvalue weighted by Crippen LogP contribution is 2.08.